The minimum absolute atomic E-state index is 0.120. The zero-order chi connectivity index (χ0) is 17.7. The van der Waals surface area contributed by atoms with E-state index in [2.05, 4.69) is 15.3 Å². The number of amides is 4. The first-order valence-corrected chi connectivity index (χ1v) is 7.64. The van der Waals surface area contributed by atoms with Gasteiger partial charge in [-0.15, -0.1) is 0 Å². The number of nitrogens with zero attached hydrogens (tertiary/aromatic N) is 4. The number of aliphatic imine (C=N–C) groups is 2. The van der Waals surface area contributed by atoms with Crippen molar-refractivity contribution < 1.29 is 14.4 Å². The number of primary amides is 1. The number of rotatable bonds is 4. The van der Waals surface area contributed by atoms with E-state index < -0.39 is 18.1 Å². The van der Waals surface area contributed by atoms with E-state index in [9.17, 15) is 14.4 Å². The van der Waals surface area contributed by atoms with Crippen LogP contribution in [-0.2, 0) is 9.59 Å². The molecule has 1 fully saturated rings. The molecule has 2 aliphatic rings. The largest absolute Gasteiger partial charge is 0.350 e. The molecule has 1 unspecified atom stereocenters. The van der Waals surface area contributed by atoms with E-state index in [1.54, 1.807) is 4.90 Å². The Morgan fingerprint density at radius 3 is 2.58 bits per heavy atom. The standard InChI is InChI=1S/C13H22N8O3/c14-2-1-8(15)11(23)21-5-3-20(4-6-21)9-7-17-13(18-10(9)22)19-12(16)24/h7-9H,1-6,14-15H2,(H3,16,18,19,22,24)/t8-,9?/m0/s1. The number of urea groups is 1. The van der Waals surface area contributed by atoms with Crippen molar-refractivity contribution in [3.8, 4) is 0 Å². The van der Waals surface area contributed by atoms with E-state index in [1.807, 2.05) is 4.90 Å². The first-order chi connectivity index (χ1) is 11.4. The summed E-state index contributed by atoms with van der Waals surface area (Å²) in [7, 11) is 0. The van der Waals surface area contributed by atoms with Crippen LogP contribution in [0.1, 0.15) is 6.42 Å². The summed E-state index contributed by atoms with van der Waals surface area (Å²) in [6, 6.07) is -2.10. The van der Waals surface area contributed by atoms with Gasteiger partial charge in [0.2, 0.25) is 17.8 Å². The van der Waals surface area contributed by atoms with Crippen LogP contribution in [0.25, 0.3) is 0 Å². The Hall–Kier alpha value is -2.37. The van der Waals surface area contributed by atoms with Crippen LogP contribution >= 0.6 is 0 Å². The summed E-state index contributed by atoms with van der Waals surface area (Å²) in [6.07, 6.45) is 1.86. The van der Waals surface area contributed by atoms with Crippen molar-refractivity contribution >= 4 is 30.0 Å². The summed E-state index contributed by atoms with van der Waals surface area (Å²) in [5.41, 5.74) is 16.1. The first-order valence-electron chi connectivity index (χ1n) is 7.64. The fourth-order valence-electron chi connectivity index (χ4n) is 2.60. The van der Waals surface area contributed by atoms with Crippen LogP contribution in [0.3, 0.4) is 0 Å². The predicted molar refractivity (Wildman–Crippen MR) is 87.2 cm³/mol. The Bertz CT molecular complexity index is 568. The highest BCUT2D eigenvalue weighted by atomic mass is 16.2. The van der Waals surface area contributed by atoms with Gasteiger partial charge in [-0.25, -0.2) is 9.79 Å². The molecule has 1 saturated heterocycles. The van der Waals surface area contributed by atoms with Gasteiger partial charge in [-0.3, -0.25) is 19.8 Å². The van der Waals surface area contributed by atoms with Crippen molar-refractivity contribution in [3.63, 3.8) is 0 Å². The van der Waals surface area contributed by atoms with Crippen LogP contribution in [0.15, 0.2) is 9.98 Å². The topological polar surface area (TPSA) is 172 Å². The first kappa shape index (κ1) is 18.0. The second-order valence-electron chi connectivity index (χ2n) is 5.53. The zero-order valence-corrected chi connectivity index (χ0v) is 13.2. The maximum atomic E-state index is 12.1. The quantitative estimate of drug-likeness (QED) is 0.420. The number of nitrogens with one attached hydrogen (secondary N) is 1. The van der Waals surface area contributed by atoms with Crippen LogP contribution in [0, 0.1) is 0 Å². The molecule has 0 spiro atoms. The fourth-order valence-corrected chi connectivity index (χ4v) is 2.60. The van der Waals surface area contributed by atoms with Gasteiger partial charge in [0.05, 0.1) is 6.04 Å². The highest BCUT2D eigenvalue weighted by Crippen LogP contribution is 2.09. The lowest BCUT2D eigenvalue weighted by Crippen LogP contribution is -2.60. The van der Waals surface area contributed by atoms with E-state index in [0.717, 1.165) is 0 Å². The van der Waals surface area contributed by atoms with Gasteiger partial charge in [-0.05, 0) is 13.0 Å². The smallest absolute Gasteiger partial charge is 0.341 e. The summed E-state index contributed by atoms with van der Waals surface area (Å²) in [5.74, 6) is -0.590. The van der Waals surface area contributed by atoms with Crippen molar-refractivity contribution in [1.29, 1.82) is 0 Å². The highest BCUT2D eigenvalue weighted by Gasteiger charge is 2.32. The van der Waals surface area contributed by atoms with Crippen molar-refractivity contribution in [2.75, 3.05) is 32.7 Å². The molecule has 0 radical (unpaired) electrons. The maximum absolute atomic E-state index is 12.1. The SMILES string of the molecule is NCC[C@H](N)C(=O)N1CCN(C2C=NC(=NC(N)=O)NC2=O)CC1. The molecule has 2 atom stereocenters. The third kappa shape index (κ3) is 4.34. The van der Waals surface area contributed by atoms with Crippen LogP contribution in [-0.4, -0.2) is 84.6 Å². The van der Waals surface area contributed by atoms with E-state index in [0.29, 0.717) is 39.1 Å². The lowest BCUT2D eigenvalue weighted by molar-refractivity contribution is -0.135. The number of carbonyl (C=O) groups is 3. The summed E-state index contributed by atoms with van der Waals surface area (Å²) >= 11 is 0. The zero-order valence-electron chi connectivity index (χ0n) is 13.2. The Morgan fingerprint density at radius 1 is 1.38 bits per heavy atom. The number of guanidine groups is 1. The molecular weight excluding hydrogens is 316 g/mol. The second-order valence-corrected chi connectivity index (χ2v) is 5.53. The van der Waals surface area contributed by atoms with Crippen LogP contribution < -0.4 is 22.5 Å². The number of hydrogen-bond donors (Lipinski definition) is 4. The van der Waals surface area contributed by atoms with Crippen LogP contribution in [0.2, 0.25) is 0 Å². The third-order valence-corrected chi connectivity index (χ3v) is 3.87. The lowest BCUT2D eigenvalue weighted by Gasteiger charge is -2.38. The number of nitrogens with two attached hydrogens (primary N) is 3. The molecule has 2 aliphatic heterocycles. The molecule has 0 aromatic heterocycles. The normalized spacial score (nSPS) is 24.8. The van der Waals surface area contributed by atoms with Crippen molar-refractivity contribution in [2.24, 2.45) is 27.2 Å². The summed E-state index contributed by atoms with van der Waals surface area (Å²) in [4.78, 5) is 45.8. The van der Waals surface area contributed by atoms with E-state index in [1.165, 1.54) is 6.21 Å². The molecule has 0 aliphatic carbocycles. The summed E-state index contributed by atoms with van der Waals surface area (Å²) < 4.78 is 0. The molecule has 0 aromatic carbocycles. The van der Waals surface area contributed by atoms with Crippen LogP contribution in [0.4, 0.5) is 4.79 Å². The van der Waals surface area contributed by atoms with E-state index in [4.69, 9.17) is 17.2 Å². The molecule has 4 amide bonds. The monoisotopic (exact) mass is 338 g/mol. The average Bonchev–Trinajstić information content (AvgIpc) is 2.54. The molecule has 0 bridgehead atoms. The molecule has 11 heteroatoms. The molecule has 7 N–H and O–H groups in total. The number of piperazine rings is 1. The fraction of sp³-hybridized carbons (Fsp3) is 0.615. The molecule has 132 valence electrons. The van der Waals surface area contributed by atoms with Gasteiger partial charge in [0.1, 0.15) is 6.04 Å². The van der Waals surface area contributed by atoms with E-state index >= 15 is 0 Å². The van der Waals surface area contributed by atoms with E-state index in [-0.39, 0.29) is 17.8 Å². The molecule has 0 saturated carbocycles. The summed E-state index contributed by atoms with van der Waals surface area (Å²) in [5, 5.41) is 2.42. The Morgan fingerprint density at radius 2 is 2.04 bits per heavy atom. The molecule has 11 nitrogen and oxygen atoms in total. The molecule has 2 rings (SSSR count). The Labute approximate surface area is 138 Å². The van der Waals surface area contributed by atoms with Gasteiger partial charge in [-0.2, -0.15) is 4.99 Å². The van der Waals surface area contributed by atoms with Crippen molar-refractivity contribution in [2.45, 2.75) is 18.5 Å². The highest BCUT2D eigenvalue weighted by molar-refractivity contribution is 6.15. The predicted octanol–water partition coefficient (Wildman–Crippen LogP) is -3.19. The van der Waals surface area contributed by atoms with Gasteiger partial charge >= 0.3 is 6.03 Å². The number of carbonyl (C=O) groups excluding carboxylic acids is 3. The van der Waals surface area contributed by atoms with Crippen molar-refractivity contribution in [1.82, 2.24) is 15.1 Å². The lowest BCUT2D eigenvalue weighted by atomic mass is 10.1. The minimum atomic E-state index is -0.929. The average molecular weight is 338 g/mol. The van der Waals surface area contributed by atoms with Gasteiger partial charge in [0, 0.05) is 32.4 Å². The number of hydrogen-bond acceptors (Lipinski definition) is 6. The molecule has 0 aromatic rings. The van der Waals surface area contributed by atoms with Gasteiger partial charge in [-0.1, -0.05) is 0 Å². The molecular formula is C13H22N8O3. The van der Waals surface area contributed by atoms with Gasteiger partial charge < -0.3 is 22.1 Å². The van der Waals surface area contributed by atoms with Gasteiger partial charge in [0.15, 0.2) is 0 Å². The minimum Gasteiger partial charge on any atom is -0.350 e. The van der Waals surface area contributed by atoms with Gasteiger partial charge in [0.25, 0.3) is 0 Å². The van der Waals surface area contributed by atoms with Crippen molar-refractivity contribution in [3.05, 3.63) is 0 Å². The maximum Gasteiger partial charge on any atom is 0.341 e. The molecule has 24 heavy (non-hydrogen) atoms. The summed E-state index contributed by atoms with van der Waals surface area (Å²) in [6.45, 7) is 2.32. The Balaban J connectivity index is 1.92. The molecule has 2 heterocycles. The Kier molecular flexibility index (Phi) is 5.95. The third-order valence-electron chi connectivity index (χ3n) is 3.87. The second kappa shape index (κ2) is 7.95. The van der Waals surface area contributed by atoms with Crippen LogP contribution in [0.5, 0.6) is 0 Å².